The van der Waals surface area contributed by atoms with Gasteiger partial charge in [-0.2, -0.15) is 0 Å². The second-order valence-corrected chi connectivity index (χ2v) is 10.6. The molecule has 1 saturated carbocycles. The van der Waals surface area contributed by atoms with Gasteiger partial charge >= 0.3 is 0 Å². The van der Waals surface area contributed by atoms with Gasteiger partial charge in [-0.3, -0.25) is 0 Å². The molecule has 0 aromatic heterocycles. The minimum absolute atomic E-state index is 0.113. The molecule has 0 spiro atoms. The third-order valence-corrected chi connectivity index (χ3v) is 7.74. The highest BCUT2D eigenvalue weighted by molar-refractivity contribution is 7.90. The number of ether oxygens (including phenoxy) is 6. The van der Waals surface area contributed by atoms with Crippen LogP contribution in [0.25, 0.3) is 0 Å². The number of hydrogen-bond donors (Lipinski definition) is 0. The van der Waals surface area contributed by atoms with Crippen molar-refractivity contribution in [2.75, 3.05) is 48.4 Å². The number of methoxy groups -OCH3 is 5. The molecule has 2 atom stereocenters. The number of benzene rings is 2. The third kappa shape index (κ3) is 5.02. The van der Waals surface area contributed by atoms with Gasteiger partial charge in [0.25, 0.3) is 0 Å². The van der Waals surface area contributed by atoms with Crippen LogP contribution in [0.3, 0.4) is 0 Å². The summed E-state index contributed by atoms with van der Waals surface area (Å²) in [6.07, 6.45) is 4.34. The van der Waals surface area contributed by atoms with E-state index < -0.39 is 15.4 Å². The lowest BCUT2D eigenvalue weighted by molar-refractivity contribution is -0.0242. The average molecular weight is 509 g/mol. The van der Waals surface area contributed by atoms with E-state index in [9.17, 15) is 8.42 Å². The standard InChI is InChI=1S/C26H36O8S/c1-8-12-34-25-20(29-2)13-17(14-23(25)35(7,27)28)19-10-9-11-26(19,33-6)18-15-21(30-3)24(32-5)22(16-18)31-4/h13-16,19H,8-12H2,1-7H3/t19-,26+/m1/s1. The van der Waals surface area contributed by atoms with E-state index in [1.54, 1.807) is 34.5 Å². The highest BCUT2D eigenvalue weighted by atomic mass is 32.2. The Morgan fingerprint density at radius 1 is 0.886 bits per heavy atom. The van der Waals surface area contributed by atoms with Crippen molar-refractivity contribution < 1.29 is 36.8 Å². The van der Waals surface area contributed by atoms with Crippen LogP contribution in [-0.4, -0.2) is 56.8 Å². The van der Waals surface area contributed by atoms with Crippen LogP contribution in [0.4, 0.5) is 0 Å². The van der Waals surface area contributed by atoms with Crippen LogP contribution in [-0.2, 0) is 20.2 Å². The number of hydrogen-bond acceptors (Lipinski definition) is 8. The van der Waals surface area contributed by atoms with E-state index in [0.29, 0.717) is 29.6 Å². The predicted octanol–water partition coefficient (Wildman–Crippen LogP) is 4.72. The van der Waals surface area contributed by atoms with E-state index in [-0.39, 0.29) is 16.6 Å². The first-order chi connectivity index (χ1) is 16.7. The Balaban J connectivity index is 2.23. The molecule has 1 fully saturated rings. The quantitative estimate of drug-likeness (QED) is 0.431. The Bertz CT molecular complexity index is 1120. The number of sulfone groups is 1. The fourth-order valence-electron chi connectivity index (χ4n) is 5.02. The highest BCUT2D eigenvalue weighted by Crippen LogP contribution is 2.55. The van der Waals surface area contributed by atoms with Crippen LogP contribution < -0.4 is 23.7 Å². The first-order valence-corrected chi connectivity index (χ1v) is 13.5. The Hall–Kier alpha value is -2.65. The van der Waals surface area contributed by atoms with Gasteiger partial charge in [0.15, 0.2) is 32.8 Å². The third-order valence-electron chi connectivity index (χ3n) is 6.64. The highest BCUT2D eigenvalue weighted by Gasteiger charge is 2.47. The van der Waals surface area contributed by atoms with Crippen molar-refractivity contribution in [2.24, 2.45) is 0 Å². The molecular formula is C26H36O8S. The van der Waals surface area contributed by atoms with Gasteiger partial charge in [0.05, 0.1) is 40.6 Å². The molecule has 0 heterocycles. The van der Waals surface area contributed by atoms with Crippen molar-refractivity contribution in [1.29, 1.82) is 0 Å². The van der Waals surface area contributed by atoms with E-state index in [4.69, 9.17) is 28.4 Å². The molecule has 1 aliphatic carbocycles. The van der Waals surface area contributed by atoms with Crippen LogP contribution >= 0.6 is 0 Å². The molecule has 1 aliphatic rings. The zero-order valence-electron chi connectivity index (χ0n) is 21.6. The Morgan fingerprint density at radius 2 is 1.49 bits per heavy atom. The topological polar surface area (TPSA) is 89.5 Å². The summed E-state index contributed by atoms with van der Waals surface area (Å²) in [7, 11) is 4.31. The molecule has 3 rings (SSSR count). The summed E-state index contributed by atoms with van der Waals surface area (Å²) < 4.78 is 59.9. The average Bonchev–Trinajstić information content (AvgIpc) is 3.30. The van der Waals surface area contributed by atoms with Gasteiger partial charge in [-0.15, -0.1) is 0 Å². The molecule has 194 valence electrons. The van der Waals surface area contributed by atoms with Crippen molar-refractivity contribution in [3.05, 3.63) is 35.4 Å². The molecule has 0 aliphatic heterocycles. The molecule has 35 heavy (non-hydrogen) atoms. The molecule has 0 radical (unpaired) electrons. The lowest BCUT2D eigenvalue weighted by Gasteiger charge is -2.36. The molecule has 0 bridgehead atoms. The Morgan fingerprint density at radius 3 is 1.97 bits per heavy atom. The van der Waals surface area contributed by atoms with E-state index in [2.05, 4.69) is 0 Å². The lowest BCUT2D eigenvalue weighted by Crippen LogP contribution is -2.31. The molecule has 0 amide bonds. The minimum atomic E-state index is -3.59. The molecule has 0 saturated heterocycles. The van der Waals surface area contributed by atoms with Crippen LogP contribution in [0.15, 0.2) is 29.2 Å². The Kier molecular flexibility index (Phi) is 8.43. The van der Waals surface area contributed by atoms with Gasteiger partial charge in [-0.25, -0.2) is 8.42 Å². The van der Waals surface area contributed by atoms with Crippen molar-refractivity contribution in [3.63, 3.8) is 0 Å². The SMILES string of the molecule is CCCOc1c(OC)cc([C@H]2CCC[C@]2(OC)c2cc(OC)c(OC)c(OC)c2)cc1S(C)(=O)=O. The van der Waals surface area contributed by atoms with E-state index in [0.717, 1.165) is 36.8 Å². The zero-order valence-corrected chi connectivity index (χ0v) is 22.4. The summed E-state index contributed by atoms with van der Waals surface area (Å²) in [5.74, 6) is 2.04. The van der Waals surface area contributed by atoms with Gasteiger partial charge < -0.3 is 28.4 Å². The van der Waals surface area contributed by atoms with E-state index in [1.165, 1.54) is 13.4 Å². The molecule has 0 N–H and O–H groups in total. The van der Waals surface area contributed by atoms with Crippen LogP contribution in [0, 0.1) is 0 Å². The summed E-state index contributed by atoms with van der Waals surface area (Å²) in [4.78, 5) is 0.113. The zero-order chi connectivity index (χ0) is 25.8. The second-order valence-electron chi connectivity index (χ2n) is 8.62. The molecule has 0 unspecified atom stereocenters. The second kappa shape index (κ2) is 11.0. The summed E-state index contributed by atoms with van der Waals surface area (Å²) in [5, 5.41) is 0. The smallest absolute Gasteiger partial charge is 0.203 e. The van der Waals surface area contributed by atoms with Gasteiger partial charge in [-0.1, -0.05) is 6.92 Å². The molecule has 9 heteroatoms. The first kappa shape index (κ1) is 26.9. The number of rotatable bonds is 11. The van der Waals surface area contributed by atoms with Crippen LogP contribution in [0.5, 0.6) is 28.7 Å². The van der Waals surface area contributed by atoms with Crippen molar-refractivity contribution in [2.45, 2.75) is 49.0 Å². The molecule has 2 aromatic rings. The maximum absolute atomic E-state index is 12.8. The van der Waals surface area contributed by atoms with E-state index in [1.807, 2.05) is 25.1 Å². The maximum atomic E-state index is 12.8. The van der Waals surface area contributed by atoms with E-state index >= 15 is 0 Å². The van der Waals surface area contributed by atoms with Gasteiger partial charge in [-0.05, 0) is 61.1 Å². The maximum Gasteiger partial charge on any atom is 0.203 e. The first-order valence-electron chi connectivity index (χ1n) is 11.6. The minimum Gasteiger partial charge on any atom is -0.493 e. The van der Waals surface area contributed by atoms with Gasteiger partial charge in [0, 0.05) is 19.3 Å². The monoisotopic (exact) mass is 508 g/mol. The van der Waals surface area contributed by atoms with Crippen molar-refractivity contribution in [3.8, 4) is 28.7 Å². The van der Waals surface area contributed by atoms with Crippen LogP contribution in [0.2, 0.25) is 0 Å². The molecular weight excluding hydrogens is 472 g/mol. The Labute approximate surface area is 208 Å². The summed E-state index contributed by atoms with van der Waals surface area (Å²) >= 11 is 0. The largest absolute Gasteiger partial charge is 0.493 e. The van der Waals surface area contributed by atoms with Gasteiger partial charge in [0.2, 0.25) is 5.75 Å². The summed E-state index contributed by atoms with van der Waals surface area (Å²) in [5.41, 5.74) is 0.931. The predicted molar refractivity (Wildman–Crippen MR) is 133 cm³/mol. The fourth-order valence-corrected chi connectivity index (χ4v) is 5.86. The lowest BCUT2D eigenvalue weighted by atomic mass is 9.79. The van der Waals surface area contributed by atoms with Crippen molar-refractivity contribution in [1.82, 2.24) is 0 Å². The van der Waals surface area contributed by atoms with Crippen molar-refractivity contribution >= 4 is 9.84 Å². The van der Waals surface area contributed by atoms with Gasteiger partial charge in [0.1, 0.15) is 4.90 Å². The normalized spacial score (nSPS) is 19.9. The molecule has 8 nitrogen and oxygen atoms in total. The summed E-state index contributed by atoms with van der Waals surface area (Å²) in [6.45, 7) is 2.35. The molecule has 2 aromatic carbocycles. The fraction of sp³-hybridized carbons (Fsp3) is 0.538. The van der Waals surface area contributed by atoms with Crippen LogP contribution in [0.1, 0.15) is 49.7 Å². The summed E-state index contributed by atoms with van der Waals surface area (Å²) in [6, 6.07) is 7.36.